The van der Waals surface area contributed by atoms with E-state index in [4.69, 9.17) is 0 Å². The Morgan fingerprint density at radius 3 is 2.85 bits per heavy atom. The molecule has 4 heteroatoms. The number of phenols is 1. The van der Waals surface area contributed by atoms with Crippen molar-refractivity contribution in [2.24, 2.45) is 5.92 Å². The van der Waals surface area contributed by atoms with E-state index in [0.717, 1.165) is 40.7 Å². The summed E-state index contributed by atoms with van der Waals surface area (Å²) >= 11 is 1.61. The van der Waals surface area contributed by atoms with Crippen molar-refractivity contribution < 1.29 is 5.11 Å². The molecule has 1 fully saturated rings. The third kappa shape index (κ3) is 2.86. The van der Waals surface area contributed by atoms with Gasteiger partial charge in [0.2, 0.25) is 0 Å². The van der Waals surface area contributed by atoms with E-state index in [9.17, 15) is 5.11 Å². The summed E-state index contributed by atoms with van der Waals surface area (Å²) in [4.78, 5) is 5.39. The van der Waals surface area contributed by atoms with E-state index in [-0.39, 0.29) is 0 Å². The molecule has 0 unspecified atom stereocenters. The molecule has 0 radical (unpaired) electrons. The van der Waals surface area contributed by atoms with Crippen LogP contribution in [0.1, 0.15) is 30.5 Å². The molecular formula is C16H20N2OS. The van der Waals surface area contributed by atoms with Gasteiger partial charge in [0.05, 0.1) is 16.1 Å². The number of nitrogens with one attached hydrogen (secondary N) is 1. The highest BCUT2D eigenvalue weighted by atomic mass is 32.1. The molecule has 1 aliphatic carbocycles. The van der Waals surface area contributed by atoms with Gasteiger partial charge < -0.3 is 10.4 Å². The van der Waals surface area contributed by atoms with Crippen molar-refractivity contribution in [1.82, 2.24) is 10.3 Å². The molecule has 2 aromatic rings. The summed E-state index contributed by atoms with van der Waals surface area (Å²) in [6.07, 6.45) is 4.08. The molecule has 20 heavy (non-hydrogen) atoms. The minimum Gasteiger partial charge on any atom is -0.508 e. The van der Waals surface area contributed by atoms with Crippen molar-refractivity contribution >= 4 is 11.3 Å². The van der Waals surface area contributed by atoms with Gasteiger partial charge in [-0.3, -0.25) is 0 Å². The molecule has 1 aliphatic rings. The Morgan fingerprint density at radius 1 is 1.40 bits per heavy atom. The maximum Gasteiger partial charge on any atom is 0.120 e. The lowest BCUT2D eigenvalue weighted by atomic mass is 9.85. The van der Waals surface area contributed by atoms with E-state index in [1.54, 1.807) is 11.3 Å². The van der Waals surface area contributed by atoms with E-state index >= 15 is 0 Å². The lowest BCUT2D eigenvalue weighted by Crippen LogP contribution is -2.26. The molecule has 106 valence electrons. The van der Waals surface area contributed by atoms with Crippen molar-refractivity contribution in [3.8, 4) is 16.2 Å². The van der Waals surface area contributed by atoms with E-state index in [1.165, 1.54) is 19.3 Å². The molecule has 0 atom stereocenters. The van der Waals surface area contributed by atoms with Gasteiger partial charge in [0.15, 0.2) is 0 Å². The summed E-state index contributed by atoms with van der Waals surface area (Å²) in [6.45, 7) is 3.80. The molecule has 2 N–H and O–H groups in total. The number of thiazole rings is 1. The largest absolute Gasteiger partial charge is 0.508 e. The zero-order chi connectivity index (χ0) is 13.9. The van der Waals surface area contributed by atoms with Crippen molar-refractivity contribution in [3.05, 3.63) is 35.0 Å². The maximum absolute atomic E-state index is 10.2. The van der Waals surface area contributed by atoms with Gasteiger partial charge in [0.1, 0.15) is 5.75 Å². The Hall–Kier alpha value is -1.39. The van der Waals surface area contributed by atoms with Crippen LogP contribution in [0.5, 0.6) is 5.75 Å². The Kier molecular flexibility index (Phi) is 4.03. The molecule has 1 saturated carbocycles. The summed E-state index contributed by atoms with van der Waals surface area (Å²) in [5.74, 6) is 1.22. The fraction of sp³-hybridized carbons (Fsp3) is 0.438. The highest BCUT2D eigenvalue weighted by molar-refractivity contribution is 7.13. The molecular weight excluding hydrogens is 268 g/mol. The van der Waals surface area contributed by atoms with Crippen LogP contribution >= 0.6 is 11.3 Å². The van der Waals surface area contributed by atoms with Gasteiger partial charge in [0, 0.05) is 12.1 Å². The second kappa shape index (κ2) is 5.94. The number of benzene rings is 1. The Morgan fingerprint density at radius 2 is 2.25 bits per heavy atom. The third-order valence-corrected chi connectivity index (χ3v) is 5.04. The van der Waals surface area contributed by atoms with Crippen molar-refractivity contribution in [3.63, 3.8) is 0 Å². The van der Waals surface area contributed by atoms with Crippen LogP contribution in [0.3, 0.4) is 0 Å². The van der Waals surface area contributed by atoms with Crippen LogP contribution in [-0.2, 0) is 6.54 Å². The van der Waals surface area contributed by atoms with Gasteiger partial charge in [-0.2, -0.15) is 0 Å². The zero-order valence-corrected chi connectivity index (χ0v) is 12.5. The predicted molar refractivity (Wildman–Crippen MR) is 83.0 cm³/mol. The molecule has 3 rings (SSSR count). The molecule has 0 bridgehead atoms. The highest BCUT2D eigenvalue weighted by Gasteiger charge is 2.16. The van der Waals surface area contributed by atoms with Gasteiger partial charge in [-0.25, -0.2) is 4.98 Å². The van der Waals surface area contributed by atoms with E-state index in [0.29, 0.717) is 5.75 Å². The van der Waals surface area contributed by atoms with Crippen LogP contribution in [0.2, 0.25) is 0 Å². The van der Waals surface area contributed by atoms with E-state index in [2.05, 4.69) is 16.4 Å². The Balaban J connectivity index is 1.66. The monoisotopic (exact) mass is 288 g/mol. The van der Waals surface area contributed by atoms with Crippen molar-refractivity contribution in [2.45, 2.75) is 32.7 Å². The number of rotatable bonds is 5. The minimum atomic E-state index is 0.372. The van der Waals surface area contributed by atoms with Crippen LogP contribution in [0.25, 0.3) is 10.4 Å². The summed E-state index contributed by atoms with van der Waals surface area (Å²) < 4.78 is 0. The fourth-order valence-corrected chi connectivity index (χ4v) is 3.34. The fourth-order valence-electron chi connectivity index (χ4n) is 2.54. The molecule has 1 heterocycles. The predicted octanol–water partition coefficient (Wildman–Crippen LogP) is 3.71. The first-order chi connectivity index (χ1) is 9.74. The number of aromatic hydroxyl groups is 1. The standard InChI is InChI=1S/C16H20N2OS/c1-11-16(20-10-18-11)13-5-6-14(15(19)7-13)9-17-8-12-3-2-4-12/h5-7,10,12,17,19H,2-4,8-9H2,1H3. The number of hydrogen-bond acceptors (Lipinski definition) is 4. The number of hydrogen-bond donors (Lipinski definition) is 2. The topological polar surface area (TPSA) is 45.2 Å². The van der Waals surface area contributed by atoms with Gasteiger partial charge in [-0.15, -0.1) is 11.3 Å². The second-order valence-corrected chi connectivity index (χ2v) is 6.39. The molecule has 1 aromatic carbocycles. The minimum absolute atomic E-state index is 0.372. The van der Waals surface area contributed by atoms with Crippen LogP contribution in [0, 0.1) is 12.8 Å². The Bertz CT molecular complexity index is 590. The SMILES string of the molecule is Cc1ncsc1-c1ccc(CNCC2CCC2)c(O)c1. The smallest absolute Gasteiger partial charge is 0.120 e. The van der Waals surface area contributed by atoms with E-state index in [1.807, 2.05) is 24.6 Å². The zero-order valence-electron chi connectivity index (χ0n) is 11.7. The van der Waals surface area contributed by atoms with Gasteiger partial charge in [-0.1, -0.05) is 18.6 Å². The first kappa shape index (κ1) is 13.6. The Labute approximate surface area is 123 Å². The molecule has 1 aromatic heterocycles. The van der Waals surface area contributed by atoms with Gasteiger partial charge in [0.25, 0.3) is 0 Å². The first-order valence-corrected chi connectivity index (χ1v) is 8.05. The summed E-state index contributed by atoms with van der Waals surface area (Å²) in [7, 11) is 0. The second-order valence-electron chi connectivity index (χ2n) is 5.54. The molecule has 3 nitrogen and oxygen atoms in total. The highest BCUT2D eigenvalue weighted by Crippen LogP contribution is 2.31. The van der Waals surface area contributed by atoms with Crippen LogP contribution in [-0.4, -0.2) is 16.6 Å². The van der Waals surface area contributed by atoms with Gasteiger partial charge >= 0.3 is 0 Å². The summed E-state index contributed by atoms with van der Waals surface area (Å²) in [5, 5.41) is 13.6. The van der Waals surface area contributed by atoms with Crippen LogP contribution in [0.4, 0.5) is 0 Å². The quantitative estimate of drug-likeness (QED) is 0.881. The molecule has 0 aliphatic heterocycles. The third-order valence-electron chi connectivity index (χ3n) is 4.07. The molecule has 0 spiro atoms. The number of aryl methyl sites for hydroxylation is 1. The van der Waals surface area contributed by atoms with Gasteiger partial charge in [-0.05, 0) is 43.9 Å². The lowest BCUT2D eigenvalue weighted by Gasteiger charge is -2.25. The maximum atomic E-state index is 10.2. The number of nitrogens with zero attached hydrogens (tertiary/aromatic N) is 1. The van der Waals surface area contributed by atoms with Crippen molar-refractivity contribution in [1.29, 1.82) is 0 Å². The average molecular weight is 288 g/mol. The first-order valence-electron chi connectivity index (χ1n) is 7.17. The number of phenolic OH excluding ortho intramolecular Hbond substituents is 1. The number of aromatic nitrogens is 1. The summed E-state index contributed by atoms with van der Waals surface area (Å²) in [6, 6.07) is 5.93. The average Bonchev–Trinajstić information content (AvgIpc) is 2.80. The van der Waals surface area contributed by atoms with Crippen molar-refractivity contribution in [2.75, 3.05) is 6.54 Å². The summed E-state index contributed by atoms with van der Waals surface area (Å²) in [5.41, 5.74) is 4.88. The normalized spacial score (nSPS) is 15.2. The molecule has 0 amide bonds. The van der Waals surface area contributed by atoms with Crippen LogP contribution < -0.4 is 5.32 Å². The van der Waals surface area contributed by atoms with E-state index < -0.39 is 0 Å². The molecule has 0 saturated heterocycles. The lowest BCUT2D eigenvalue weighted by molar-refractivity contribution is 0.300. The van der Waals surface area contributed by atoms with Crippen LogP contribution in [0.15, 0.2) is 23.7 Å².